The summed E-state index contributed by atoms with van der Waals surface area (Å²) in [6, 6.07) is 0. The predicted octanol–water partition coefficient (Wildman–Crippen LogP) is 0.401. The van der Waals surface area contributed by atoms with Crippen molar-refractivity contribution in [2.24, 2.45) is 0 Å². The second-order valence-corrected chi connectivity index (χ2v) is 2.72. The van der Waals surface area contributed by atoms with Gasteiger partial charge in [-0.05, 0) is 13.0 Å². The first kappa shape index (κ1) is 6.11. The van der Waals surface area contributed by atoms with Crippen LogP contribution < -0.4 is 5.32 Å². The molecule has 45 valence electrons. The summed E-state index contributed by atoms with van der Waals surface area (Å²) in [6.45, 7) is 2.48. The van der Waals surface area contributed by atoms with E-state index in [1.54, 1.807) is 0 Å². The van der Waals surface area contributed by atoms with Crippen LogP contribution in [-0.2, 0) is 4.79 Å². The molecule has 0 aliphatic carbocycles. The highest BCUT2D eigenvalue weighted by Gasteiger charge is 2.05. The first-order valence-corrected chi connectivity index (χ1v) is 3.61. The van der Waals surface area contributed by atoms with Gasteiger partial charge in [0.1, 0.15) is 6.54 Å². The van der Waals surface area contributed by atoms with Gasteiger partial charge in [0, 0.05) is 5.75 Å². The quantitative estimate of drug-likeness (QED) is 0.514. The molecule has 1 saturated heterocycles. The number of hydrogen-bond acceptors (Lipinski definition) is 3. The number of carbonyl (C=O) groups is 1. The lowest BCUT2D eigenvalue weighted by atomic mass is 10.5. The fraction of sp³-hybridized carbons (Fsp3) is 0.600. The molecule has 0 spiro atoms. The highest BCUT2D eigenvalue weighted by atomic mass is 32.2. The van der Waals surface area contributed by atoms with Gasteiger partial charge in [-0.2, -0.15) is 0 Å². The largest absolute Gasteiger partial charge is 0.305 e. The Morgan fingerprint density at radius 3 is 3.50 bits per heavy atom. The van der Waals surface area contributed by atoms with Crippen LogP contribution in [0.1, 0.15) is 6.42 Å². The van der Waals surface area contributed by atoms with Crippen molar-refractivity contribution in [2.45, 2.75) is 6.42 Å². The van der Waals surface area contributed by atoms with E-state index in [4.69, 9.17) is 0 Å². The second-order valence-electron chi connectivity index (χ2n) is 1.62. The van der Waals surface area contributed by atoms with E-state index in [0.717, 1.165) is 18.7 Å². The Hall–Kier alpha value is -0.0200. The Bertz CT molecular complexity index is 84.4. The van der Waals surface area contributed by atoms with Crippen LogP contribution in [-0.4, -0.2) is 17.4 Å². The summed E-state index contributed by atoms with van der Waals surface area (Å²) >= 11 is 1.38. The molecule has 0 aromatic heterocycles. The molecule has 3 heteroatoms. The number of rotatable bonds is 0. The zero-order chi connectivity index (χ0) is 5.82. The van der Waals surface area contributed by atoms with Crippen LogP contribution in [0.15, 0.2) is 0 Å². The highest BCUT2D eigenvalue weighted by molar-refractivity contribution is 8.13. The third-order valence-corrected chi connectivity index (χ3v) is 1.82. The van der Waals surface area contributed by atoms with Gasteiger partial charge in [-0.25, -0.2) is 0 Å². The van der Waals surface area contributed by atoms with Gasteiger partial charge in [-0.15, -0.1) is 0 Å². The fourth-order valence-corrected chi connectivity index (χ4v) is 1.20. The Morgan fingerprint density at radius 2 is 2.62 bits per heavy atom. The maximum absolute atomic E-state index is 10.5. The lowest BCUT2D eigenvalue weighted by Gasteiger charge is -1.89. The monoisotopic (exact) mass is 130 g/mol. The maximum atomic E-state index is 10.5. The molecule has 1 heterocycles. The molecule has 1 aliphatic heterocycles. The van der Waals surface area contributed by atoms with Gasteiger partial charge in [0.05, 0.1) is 0 Å². The van der Waals surface area contributed by atoms with E-state index >= 15 is 0 Å². The minimum atomic E-state index is 0.155. The zero-order valence-electron chi connectivity index (χ0n) is 4.52. The maximum Gasteiger partial charge on any atom is 0.207 e. The van der Waals surface area contributed by atoms with Crippen LogP contribution in [0.3, 0.4) is 0 Å². The van der Waals surface area contributed by atoms with Crippen LogP contribution in [0.25, 0.3) is 0 Å². The summed E-state index contributed by atoms with van der Waals surface area (Å²) in [6.07, 6.45) is 1.09. The molecule has 0 bridgehead atoms. The topological polar surface area (TPSA) is 29.1 Å². The van der Waals surface area contributed by atoms with Crippen molar-refractivity contribution in [1.29, 1.82) is 0 Å². The molecule has 0 amide bonds. The Kier molecular flexibility index (Phi) is 2.36. The molecular weight excluding hydrogens is 122 g/mol. The number of nitrogens with one attached hydrogen (secondary N) is 1. The summed E-state index contributed by atoms with van der Waals surface area (Å²) in [5.41, 5.74) is 0. The smallest absolute Gasteiger partial charge is 0.207 e. The second kappa shape index (κ2) is 3.10. The zero-order valence-corrected chi connectivity index (χ0v) is 5.33. The van der Waals surface area contributed by atoms with Gasteiger partial charge < -0.3 is 5.32 Å². The molecule has 0 atom stereocenters. The third-order valence-electron chi connectivity index (χ3n) is 0.930. The highest BCUT2D eigenvalue weighted by Crippen LogP contribution is 2.07. The molecule has 1 fully saturated rings. The number of thioether (sulfide) groups is 1. The molecule has 0 aromatic rings. The van der Waals surface area contributed by atoms with Crippen molar-refractivity contribution in [3.05, 3.63) is 6.54 Å². The van der Waals surface area contributed by atoms with Gasteiger partial charge in [-0.1, -0.05) is 11.8 Å². The molecule has 0 aromatic carbocycles. The van der Waals surface area contributed by atoms with Crippen LogP contribution in [0.4, 0.5) is 0 Å². The van der Waals surface area contributed by atoms with Crippen molar-refractivity contribution in [1.82, 2.24) is 5.32 Å². The average Bonchev–Trinajstić information content (AvgIpc) is 1.94. The van der Waals surface area contributed by atoms with E-state index in [-0.39, 0.29) is 5.12 Å². The molecular formula is C5H8NOS. The molecule has 2 nitrogen and oxygen atoms in total. The predicted molar refractivity (Wildman–Crippen MR) is 34.4 cm³/mol. The normalized spacial score (nSPS) is 22.8. The fourth-order valence-electron chi connectivity index (χ4n) is 0.544. The van der Waals surface area contributed by atoms with Gasteiger partial charge in [-0.3, -0.25) is 4.79 Å². The van der Waals surface area contributed by atoms with Crippen molar-refractivity contribution in [3.63, 3.8) is 0 Å². The van der Waals surface area contributed by atoms with E-state index in [0.29, 0.717) is 0 Å². The van der Waals surface area contributed by atoms with Gasteiger partial charge in [0.15, 0.2) is 0 Å². The van der Waals surface area contributed by atoms with E-state index in [1.807, 2.05) is 0 Å². The summed E-state index contributed by atoms with van der Waals surface area (Å²) in [5, 5.41) is 3.06. The molecule has 0 saturated carbocycles. The Labute approximate surface area is 53.0 Å². The molecule has 0 unspecified atom stereocenters. The molecule has 1 N–H and O–H groups in total. The van der Waals surface area contributed by atoms with E-state index in [1.165, 1.54) is 18.3 Å². The minimum absolute atomic E-state index is 0.155. The van der Waals surface area contributed by atoms with Crippen molar-refractivity contribution < 1.29 is 4.79 Å². The Morgan fingerprint density at radius 1 is 1.75 bits per heavy atom. The third kappa shape index (κ3) is 1.84. The van der Waals surface area contributed by atoms with Crippen LogP contribution >= 0.6 is 11.8 Å². The summed E-state index contributed by atoms with van der Waals surface area (Å²) in [7, 11) is 0. The van der Waals surface area contributed by atoms with Crippen molar-refractivity contribution >= 4 is 16.9 Å². The minimum Gasteiger partial charge on any atom is -0.305 e. The van der Waals surface area contributed by atoms with Crippen LogP contribution in [0, 0.1) is 6.54 Å². The average molecular weight is 130 g/mol. The standard InChI is InChI=1S/C5H8NOS/c7-5-4-6-2-1-3-8-5/h4,6H,1-3H2. The molecule has 1 rings (SSSR count). The first-order valence-electron chi connectivity index (χ1n) is 2.63. The number of hydrogen-bond donors (Lipinski definition) is 1. The lowest BCUT2D eigenvalue weighted by molar-refractivity contribution is -0.108. The van der Waals surface area contributed by atoms with Crippen molar-refractivity contribution in [2.75, 3.05) is 12.3 Å². The summed E-state index contributed by atoms with van der Waals surface area (Å²) in [5.74, 6) is 0.961. The van der Waals surface area contributed by atoms with Crippen LogP contribution in [0.5, 0.6) is 0 Å². The summed E-state index contributed by atoms with van der Waals surface area (Å²) in [4.78, 5) is 10.5. The molecule has 1 radical (unpaired) electrons. The van der Waals surface area contributed by atoms with Crippen LogP contribution in [0.2, 0.25) is 0 Å². The molecule has 8 heavy (non-hydrogen) atoms. The van der Waals surface area contributed by atoms with Crippen molar-refractivity contribution in [3.8, 4) is 0 Å². The Balaban J connectivity index is 2.27. The molecule has 1 aliphatic rings. The van der Waals surface area contributed by atoms with Gasteiger partial charge in [0.2, 0.25) is 5.12 Å². The van der Waals surface area contributed by atoms with E-state index in [9.17, 15) is 4.79 Å². The van der Waals surface area contributed by atoms with Gasteiger partial charge >= 0.3 is 0 Å². The SMILES string of the molecule is O=C1[CH]NCCCS1. The van der Waals surface area contributed by atoms with E-state index in [2.05, 4.69) is 5.32 Å². The first-order chi connectivity index (χ1) is 3.89. The number of carbonyl (C=O) groups excluding carboxylic acids is 1. The van der Waals surface area contributed by atoms with E-state index < -0.39 is 0 Å². The van der Waals surface area contributed by atoms with Gasteiger partial charge in [0.25, 0.3) is 0 Å². The lowest BCUT2D eigenvalue weighted by Crippen LogP contribution is -2.12. The summed E-state index contributed by atoms with van der Waals surface area (Å²) < 4.78 is 0.